The Balaban J connectivity index is 1.49. The van der Waals surface area contributed by atoms with Crippen molar-refractivity contribution in [2.24, 2.45) is 11.8 Å². The molecule has 0 bridgehead atoms. The van der Waals surface area contributed by atoms with Crippen LogP contribution < -0.4 is 10.2 Å². The maximum absolute atomic E-state index is 13.8. The van der Waals surface area contributed by atoms with Crippen molar-refractivity contribution in [2.75, 3.05) is 50.8 Å². The molecule has 5 nitrogen and oxygen atoms in total. The number of fused-ring (bicyclic) bond motifs is 1. The Kier molecular flexibility index (Phi) is 4.79. The molecule has 3 heterocycles. The summed E-state index contributed by atoms with van der Waals surface area (Å²) in [6, 6.07) is 18.8. The van der Waals surface area contributed by atoms with Gasteiger partial charge in [0.2, 0.25) is 0 Å². The molecule has 3 aliphatic rings. The van der Waals surface area contributed by atoms with E-state index in [4.69, 9.17) is 4.74 Å². The highest BCUT2D eigenvalue weighted by molar-refractivity contribution is 6.00. The monoisotopic (exact) mass is 377 g/mol. The van der Waals surface area contributed by atoms with Gasteiger partial charge in [-0.25, -0.2) is 0 Å². The summed E-state index contributed by atoms with van der Waals surface area (Å²) >= 11 is 0. The second-order valence-electron chi connectivity index (χ2n) is 8.01. The van der Waals surface area contributed by atoms with E-state index in [1.54, 1.807) is 0 Å². The Bertz CT molecular complexity index is 835. The lowest BCUT2D eigenvalue weighted by Gasteiger charge is -2.33. The number of morpholine rings is 1. The van der Waals surface area contributed by atoms with Gasteiger partial charge in [0.05, 0.1) is 24.8 Å². The van der Waals surface area contributed by atoms with Crippen LogP contribution in [0.4, 0.5) is 5.69 Å². The zero-order chi connectivity index (χ0) is 18.9. The van der Waals surface area contributed by atoms with Crippen molar-refractivity contribution in [3.8, 4) is 0 Å². The van der Waals surface area contributed by atoms with Crippen molar-refractivity contribution in [3.05, 3.63) is 65.7 Å². The largest absolute Gasteiger partial charge is 0.378 e. The molecule has 1 N–H and O–H groups in total. The van der Waals surface area contributed by atoms with Gasteiger partial charge >= 0.3 is 0 Å². The Morgan fingerprint density at radius 1 is 0.964 bits per heavy atom. The van der Waals surface area contributed by atoms with Crippen LogP contribution >= 0.6 is 0 Å². The van der Waals surface area contributed by atoms with Gasteiger partial charge in [-0.2, -0.15) is 0 Å². The first-order valence-electron chi connectivity index (χ1n) is 10.3. The van der Waals surface area contributed by atoms with Gasteiger partial charge < -0.3 is 19.9 Å². The summed E-state index contributed by atoms with van der Waals surface area (Å²) in [6.07, 6.45) is 0. The van der Waals surface area contributed by atoms with E-state index < -0.39 is 0 Å². The van der Waals surface area contributed by atoms with Crippen LogP contribution in [0.15, 0.2) is 54.6 Å². The molecule has 2 aromatic carbocycles. The number of amides is 1. The van der Waals surface area contributed by atoms with Gasteiger partial charge in [-0.15, -0.1) is 0 Å². The van der Waals surface area contributed by atoms with Crippen LogP contribution in [0.5, 0.6) is 0 Å². The predicted octanol–water partition coefficient (Wildman–Crippen LogP) is 2.56. The molecule has 0 radical (unpaired) electrons. The molecule has 2 aromatic rings. The van der Waals surface area contributed by atoms with E-state index in [2.05, 4.69) is 45.4 Å². The number of rotatable bonds is 3. The standard InChI is InChI=1S/C23H27N3O2/c27-23(19-8-4-5-9-21(19)25-10-12-28-13-11-25)26-16-18-14-24-15-20(18)22(26)17-6-2-1-3-7-17/h1-9,18,20,22,24H,10-16H2/t18-,20-,22+/m0/s1. The van der Waals surface area contributed by atoms with Gasteiger partial charge in [-0.3, -0.25) is 4.79 Å². The number of ether oxygens (including phenoxy) is 1. The fraction of sp³-hybridized carbons (Fsp3) is 0.435. The fourth-order valence-corrected chi connectivity index (χ4v) is 5.10. The second-order valence-corrected chi connectivity index (χ2v) is 8.01. The SMILES string of the molecule is O=C(c1ccccc1N1CCOCC1)N1C[C@@H]2CNC[C@@H]2[C@H]1c1ccccc1. The summed E-state index contributed by atoms with van der Waals surface area (Å²) < 4.78 is 5.50. The molecular formula is C23H27N3O2. The number of hydrogen-bond donors (Lipinski definition) is 1. The third-order valence-corrected chi connectivity index (χ3v) is 6.45. The molecule has 5 rings (SSSR count). The van der Waals surface area contributed by atoms with Crippen LogP contribution in [-0.2, 0) is 4.74 Å². The fourth-order valence-electron chi connectivity index (χ4n) is 5.10. The minimum Gasteiger partial charge on any atom is -0.378 e. The van der Waals surface area contributed by atoms with Gasteiger partial charge in [0, 0.05) is 44.3 Å². The van der Waals surface area contributed by atoms with Crippen molar-refractivity contribution in [1.29, 1.82) is 0 Å². The number of likely N-dealkylation sites (tertiary alicyclic amines) is 1. The van der Waals surface area contributed by atoms with Gasteiger partial charge in [0.1, 0.15) is 0 Å². The number of hydrogen-bond acceptors (Lipinski definition) is 4. The summed E-state index contributed by atoms with van der Waals surface area (Å²) in [5.41, 5.74) is 3.10. The van der Waals surface area contributed by atoms with Crippen LogP contribution in [0.1, 0.15) is 22.0 Å². The number of benzene rings is 2. The van der Waals surface area contributed by atoms with Crippen LogP contribution in [-0.4, -0.2) is 56.7 Å². The Morgan fingerprint density at radius 3 is 2.54 bits per heavy atom. The predicted molar refractivity (Wildman–Crippen MR) is 110 cm³/mol. The van der Waals surface area contributed by atoms with Gasteiger partial charge in [0.25, 0.3) is 5.91 Å². The first kappa shape index (κ1) is 17.7. The van der Waals surface area contributed by atoms with E-state index in [1.807, 2.05) is 24.3 Å². The summed E-state index contributed by atoms with van der Waals surface area (Å²) in [7, 11) is 0. The lowest BCUT2D eigenvalue weighted by Crippen LogP contribution is -2.39. The minimum absolute atomic E-state index is 0.145. The Morgan fingerprint density at radius 2 is 1.71 bits per heavy atom. The Labute approximate surface area is 166 Å². The van der Waals surface area contributed by atoms with Gasteiger partial charge in [-0.05, 0) is 23.6 Å². The van der Waals surface area contributed by atoms with E-state index in [1.165, 1.54) is 5.56 Å². The molecule has 0 aliphatic carbocycles. The molecule has 0 saturated carbocycles. The second kappa shape index (κ2) is 7.57. The van der Waals surface area contributed by atoms with Gasteiger partial charge in [0.15, 0.2) is 0 Å². The number of nitrogens with one attached hydrogen (secondary N) is 1. The maximum atomic E-state index is 13.8. The first-order valence-corrected chi connectivity index (χ1v) is 10.3. The molecule has 0 aromatic heterocycles. The quantitative estimate of drug-likeness (QED) is 0.893. The zero-order valence-corrected chi connectivity index (χ0v) is 16.1. The van der Waals surface area contributed by atoms with E-state index in [0.29, 0.717) is 25.0 Å². The molecule has 146 valence electrons. The van der Waals surface area contributed by atoms with Crippen molar-refractivity contribution in [1.82, 2.24) is 10.2 Å². The lowest BCUT2D eigenvalue weighted by molar-refractivity contribution is 0.0713. The van der Waals surface area contributed by atoms with Crippen LogP contribution in [0.3, 0.4) is 0 Å². The molecule has 3 aliphatic heterocycles. The maximum Gasteiger partial charge on any atom is 0.256 e. The summed E-state index contributed by atoms with van der Waals surface area (Å²) in [4.78, 5) is 18.2. The number of nitrogens with zero attached hydrogens (tertiary/aromatic N) is 2. The average molecular weight is 377 g/mol. The third kappa shape index (κ3) is 3.09. The highest BCUT2D eigenvalue weighted by atomic mass is 16.5. The van der Waals surface area contributed by atoms with E-state index >= 15 is 0 Å². The highest BCUT2D eigenvalue weighted by Gasteiger charge is 2.47. The first-order chi connectivity index (χ1) is 13.8. The molecule has 3 fully saturated rings. The molecular weight excluding hydrogens is 350 g/mol. The average Bonchev–Trinajstić information content (AvgIpc) is 3.36. The van der Waals surface area contributed by atoms with Crippen molar-refractivity contribution >= 4 is 11.6 Å². The molecule has 3 saturated heterocycles. The molecule has 28 heavy (non-hydrogen) atoms. The smallest absolute Gasteiger partial charge is 0.256 e. The van der Waals surface area contributed by atoms with Gasteiger partial charge in [-0.1, -0.05) is 42.5 Å². The van der Waals surface area contributed by atoms with E-state index in [9.17, 15) is 4.79 Å². The molecule has 1 amide bonds. The minimum atomic E-state index is 0.145. The normalized spacial score (nSPS) is 27.1. The molecule has 0 unspecified atom stereocenters. The number of para-hydroxylation sites is 1. The number of carbonyl (C=O) groups excluding carboxylic acids is 1. The summed E-state index contributed by atoms with van der Waals surface area (Å²) in [5.74, 6) is 1.18. The number of carbonyl (C=O) groups is 1. The van der Waals surface area contributed by atoms with Crippen LogP contribution in [0, 0.1) is 11.8 Å². The topological polar surface area (TPSA) is 44.8 Å². The van der Waals surface area contributed by atoms with Crippen molar-refractivity contribution in [2.45, 2.75) is 6.04 Å². The van der Waals surface area contributed by atoms with E-state index in [0.717, 1.165) is 44.0 Å². The summed E-state index contributed by atoms with van der Waals surface area (Å²) in [6.45, 7) is 5.92. The zero-order valence-electron chi connectivity index (χ0n) is 16.1. The van der Waals surface area contributed by atoms with E-state index in [-0.39, 0.29) is 11.9 Å². The summed E-state index contributed by atoms with van der Waals surface area (Å²) in [5, 5.41) is 3.53. The van der Waals surface area contributed by atoms with Crippen molar-refractivity contribution in [3.63, 3.8) is 0 Å². The molecule has 0 spiro atoms. The van der Waals surface area contributed by atoms with Crippen LogP contribution in [0.25, 0.3) is 0 Å². The molecule has 3 atom stereocenters. The molecule has 5 heteroatoms. The van der Waals surface area contributed by atoms with Crippen molar-refractivity contribution < 1.29 is 9.53 Å². The highest BCUT2D eigenvalue weighted by Crippen LogP contribution is 2.43. The third-order valence-electron chi connectivity index (χ3n) is 6.45. The Hall–Kier alpha value is -2.37. The number of anilines is 1. The van der Waals surface area contributed by atoms with Crippen LogP contribution in [0.2, 0.25) is 0 Å². The lowest BCUT2D eigenvalue weighted by atomic mass is 9.89.